The molecule has 0 atom stereocenters. The maximum atomic E-state index is 12.0. The molecule has 0 heterocycles. The Morgan fingerprint density at radius 1 is 1.18 bits per heavy atom. The Hall–Kier alpha value is -0.360. The maximum absolute atomic E-state index is 12.0. The summed E-state index contributed by atoms with van der Waals surface area (Å²) >= 11 is 4.93. The van der Waals surface area contributed by atoms with E-state index in [1.807, 2.05) is 13.8 Å². The molecular formula is C11H21F3N2S. The van der Waals surface area contributed by atoms with Gasteiger partial charge in [0.05, 0.1) is 11.4 Å². The molecule has 17 heavy (non-hydrogen) atoms. The highest BCUT2D eigenvalue weighted by Gasteiger charge is 2.27. The van der Waals surface area contributed by atoms with Crippen LogP contribution in [-0.4, -0.2) is 36.2 Å². The summed E-state index contributed by atoms with van der Waals surface area (Å²) in [5.74, 6) is 0. The number of nitrogens with two attached hydrogens (primary N) is 1. The van der Waals surface area contributed by atoms with Gasteiger partial charge in [-0.05, 0) is 26.4 Å². The van der Waals surface area contributed by atoms with Crippen molar-refractivity contribution < 1.29 is 13.2 Å². The van der Waals surface area contributed by atoms with Gasteiger partial charge in [0.25, 0.3) is 0 Å². The van der Waals surface area contributed by atoms with Gasteiger partial charge in [-0.3, -0.25) is 0 Å². The third kappa shape index (κ3) is 8.37. The van der Waals surface area contributed by atoms with Gasteiger partial charge in [0, 0.05) is 12.0 Å². The molecule has 0 aliphatic heterocycles. The summed E-state index contributed by atoms with van der Waals surface area (Å²) in [4.78, 5) is 2.14. The second-order valence-electron chi connectivity index (χ2n) is 5.02. The van der Waals surface area contributed by atoms with Gasteiger partial charge in [-0.1, -0.05) is 26.1 Å². The first-order valence-corrected chi connectivity index (χ1v) is 6.00. The second kappa shape index (κ2) is 6.54. The first-order valence-electron chi connectivity index (χ1n) is 5.60. The van der Waals surface area contributed by atoms with Gasteiger partial charge in [-0.15, -0.1) is 0 Å². The van der Waals surface area contributed by atoms with Crippen LogP contribution < -0.4 is 5.73 Å². The van der Waals surface area contributed by atoms with Crippen LogP contribution in [0.25, 0.3) is 0 Å². The molecule has 0 saturated carbocycles. The maximum Gasteiger partial charge on any atom is 0.390 e. The second-order valence-corrected chi connectivity index (χ2v) is 5.46. The van der Waals surface area contributed by atoms with Crippen molar-refractivity contribution in [3.05, 3.63) is 0 Å². The highest BCUT2D eigenvalue weighted by Crippen LogP contribution is 2.23. The van der Waals surface area contributed by atoms with E-state index in [0.29, 0.717) is 11.5 Å². The Kier molecular flexibility index (Phi) is 6.40. The summed E-state index contributed by atoms with van der Waals surface area (Å²) in [6, 6.07) is 0. The van der Waals surface area contributed by atoms with E-state index in [1.54, 1.807) is 11.9 Å². The molecule has 0 aliphatic rings. The summed E-state index contributed by atoms with van der Waals surface area (Å²) in [5.41, 5.74) is 5.35. The standard InChI is InChI=1S/C11H21F3N2S/c1-10(2,9(15)17)5-4-7-16(3)8-6-11(12,13)14/h4-8H2,1-3H3,(H2,15,17). The summed E-state index contributed by atoms with van der Waals surface area (Å²) < 4.78 is 35.9. The van der Waals surface area contributed by atoms with Crippen LogP contribution >= 0.6 is 12.2 Å². The van der Waals surface area contributed by atoms with Crippen LogP contribution in [0.4, 0.5) is 13.2 Å². The van der Waals surface area contributed by atoms with Gasteiger partial charge in [0.15, 0.2) is 0 Å². The van der Waals surface area contributed by atoms with Crippen molar-refractivity contribution in [3.8, 4) is 0 Å². The molecule has 102 valence electrons. The summed E-state index contributed by atoms with van der Waals surface area (Å²) in [5, 5.41) is 0. The quantitative estimate of drug-likeness (QED) is 0.721. The smallest absolute Gasteiger partial charge is 0.390 e. The third-order valence-electron chi connectivity index (χ3n) is 2.79. The third-order valence-corrected chi connectivity index (χ3v) is 3.34. The van der Waals surface area contributed by atoms with Crippen molar-refractivity contribution in [2.24, 2.45) is 11.1 Å². The Morgan fingerprint density at radius 2 is 1.71 bits per heavy atom. The Morgan fingerprint density at radius 3 is 2.12 bits per heavy atom. The number of hydrogen-bond acceptors (Lipinski definition) is 2. The van der Waals surface area contributed by atoms with Crippen LogP contribution in [0, 0.1) is 5.41 Å². The summed E-state index contributed by atoms with van der Waals surface area (Å²) in [7, 11) is 1.69. The van der Waals surface area contributed by atoms with Crippen LogP contribution in [0.15, 0.2) is 0 Å². The molecule has 6 heteroatoms. The predicted octanol–water partition coefficient (Wildman–Crippen LogP) is 2.96. The number of halogens is 3. The van der Waals surface area contributed by atoms with Gasteiger partial charge in [-0.25, -0.2) is 0 Å². The van der Waals surface area contributed by atoms with Crippen LogP contribution in [-0.2, 0) is 0 Å². The zero-order valence-electron chi connectivity index (χ0n) is 10.6. The molecule has 0 aromatic rings. The molecule has 0 aromatic heterocycles. The van der Waals surface area contributed by atoms with E-state index in [0.717, 1.165) is 12.8 Å². The van der Waals surface area contributed by atoms with Gasteiger partial charge in [0.1, 0.15) is 0 Å². The fraction of sp³-hybridized carbons (Fsp3) is 0.909. The normalized spacial score (nSPS) is 13.1. The Labute approximate surface area is 106 Å². The summed E-state index contributed by atoms with van der Waals surface area (Å²) in [6.45, 7) is 4.56. The minimum Gasteiger partial charge on any atom is -0.393 e. The van der Waals surface area contributed by atoms with E-state index >= 15 is 0 Å². The Bertz CT molecular complexity index is 252. The van der Waals surface area contributed by atoms with Crippen molar-refractivity contribution in [2.45, 2.75) is 39.3 Å². The van der Waals surface area contributed by atoms with Gasteiger partial charge in [0.2, 0.25) is 0 Å². The molecule has 0 saturated heterocycles. The summed E-state index contributed by atoms with van der Waals surface area (Å²) in [6.07, 6.45) is -3.26. The predicted molar refractivity (Wildman–Crippen MR) is 68.0 cm³/mol. The van der Waals surface area contributed by atoms with Crippen LogP contribution in [0.2, 0.25) is 0 Å². The number of alkyl halides is 3. The zero-order valence-corrected chi connectivity index (χ0v) is 11.4. The number of rotatable bonds is 7. The molecular weight excluding hydrogens is 249 g/mol. The number of nitrogens with zero attached hydrogens (tertiary/aromatic N) is 1. The van der Waals surface area contributed by atoms with Crippen LogP contribution in [0.3, 0.4) is 0 Å². The average Bonchev–Trinajstić information content (AvgIpc) is 2.13. The van der Waals surface area contributed by atoms with Gasteiger partial charge < -0.3 is 10.6 Å². The molecule has 2 nitrogen and oxygen atoms in total. The lowest BCUT2D eigenvalue weighted by Gasteiger charge is -2.24. The van der Waals surface area contributed by atoms with Crippen molar-refractivity contribution in [1.29, 1.82) is 0 Å². The van der Waals surface area contributed by atoms with E-state index in [4.69, 9.17) is 18.0 Å². The first kappa shape index (κ1) is 16.6. The molecule has 0 aromatic carbocycles. The average molecular weight is 270 g/mol. The molecule has 0 rings (SSSR count). The minimum atomic E-state index is -4.08. The molecule has 0 radical (unpaired) electrons. The highest BCUT2D eigenvalue weighted by atomic mass is 32.1. The lowest BCUT2D eigenvalue weighted by molar-refractivity contribution is -0.137. The van der Waals surface area contributed by atoms with E-state index in [2.05, 4.69) is 0 Å². The number of thiocarbonyl (C=S) groups is 1. The first-order chi connectivity index (χ1) is 7.54. The minimum absolute atomic E-state index is 0.0387. The monoisotopic (exact) mass is 270 g/mol. The van der Waals surface area contributed by atoms with Crippen molar-refractivity contribution in [3.63, 3.8) is 0 Å². The molecule has 0 fully saturated rings. The molecule has 0 unspecified atom stereocenters. The largest absolute Gasteiger partial charge is 0.393 e. The lowest BCUT2D eigenvalue weighted by Crippen LogP contribution is -2.31. The fourth-order valence-corrected chi connectivity index (χ4v) is 1.45. The van der Waals surface area contributed by atoms with Crippen molar-refractivity contribution in [1.82, 2.24) is 4.90 Å². The number of hydrogen-bond donors (Lipinski definition) is 1. The molecule has 0 spiro atoms. The van der Waals surface area contributed by atoms with E-state index < -0.39 is 12.6 Å². The van der Waals surface area contributed by atoms with Crippen LogP contribution in [0.1, 0.15) is 33.1 Å². The zero-order chi connectivity index (χ0) is 13.7. The Balaban J connectivity index is 3.79. The lowest BCUT2D eigenvalue weighted by atomic mass is 9.88. The van der Waals surface area contributed by atoms with Crippen LogP contribution in [0.5, 0.6) is 0 Å². The topological polar surface area (TPSA) is 29.3 Å². The van der Waals surface area contributed by atoms with E-state index in [1.165, 1.54) is 0 Å². The van der Waals surface area contributed by atoms with Crippen molar-refractivity contribution in [2.75, 3.05) is 20.1 Å². The van der Waals surface area contributed by atoms with Crippen molar-refractivity contribution >= 4 is 17.2 Å². The van der Waals surface area contributed by atoms with Gasteiger partial charge >= 0.3 is 6.18 Å². The van der Waals surface area contributed by atoms with Gasteiger partial charge in [-0.2, -0.15) is 13.2 Å². The SMILES string of the molecule is CN(CCCC(C)(C)C(N)=S)CCC(F)(F)F. The molecule has 0 amide bonds. The molecule has 0 aliphatic carbocycles. The van der Waals surface area contributed by atoms with E-state index in [-0.39, 0.29) is 12.0 Å². The molecule has 2 N–H and O–H groups in total. The fourth-order valence-electron chi connectivity index (χ4n) is 1.34. The molecule has 0 bridgehead atoms. The van der Waals surface area contributed by atoms with E-state index in [9.17, 15) is 13.2 Å². The highest BCUT2D eigenvalue weighted by molar-refractivity contribution is 7.80.